The molecule has 11 heteroatoms. The number of benzene rings is 3. The third kappa shape index (κ3) is 5.00. The molecule has 0 saturated carbocycles. The third-order valence-corrected chi connectivity index (χ3v) is 8.35. The molecule has 0 bridgehead atoms. The first-order valence-corrected chi connectivity index (χ1v) is 13.4. The van der Waals surface area contributed by atoms with Gasteiger partial charge in [0.15, 0.2) is 0 Å². The van der Waals surface area contributed by atoms with Crippen molar-refractivity contribution in [2.24, 2.45) is 0 Å². The lowest BCUT2D eigenvalue weighted by molar-refractivity contribution is 0.137. The molecule has 2 N–H and O–H groups in total. The molecular weight excluding hydrogens is 523 g/mol. The van der Waals surface area contributed by atoms with Crippen LogP contribution in [0.3, 0.4) is 0 Å². The quantitative estimate of drug-likeness (QED) is 0.342. The Balaban J connectivity index is 1.30. The molecule has 4 aromatic rings. The summed E-state index contributed by atoms with van der Waals surface area (Å²) in [7, 11) is -3.93. The van der Waals surface area contributed by atoms with Crippen molar-refractivity contribution in [2.75, 3.05) is 10.9 Å². The Morgan fingerprint density at radius 2 is 1.83 bits per heavy atom. The smallest absolute Gasteiger partial charge is 0.407 e. The molecule has 0 aliphatic carbocycles. The molecule has 8 nitrogen and oxygen atoms in total. The van der Waals surface area contributed by atoms with Crippen molar-refractivity contribution in [3.05, 3.63) is 88.2 Å². The van der Waals surface area contributed by atoms with Gasteiger partial charge in [-0.25, -0.2) is 18.2 Å². The van der Waals surface area contributed by atoms with Gasteiger partial charge in [0, 0.05) is 10.0 Å². The highest BCUT2D eigenvalue weighted by Crippen LogP contribution is 2.35. The molecule has 0 radical (unpaired) electrons. The Hall–Kier alpha value is -3.27. The number of imidazole rings is 1. The second-order valence-electron chi connectivity index (χ2n) is 8.37. The number of anilines is 1. The Morgan fingerprint density at radius 3 is 2.64 bits per heavy atom. The minimum Gasteiger partial charge on any atom is -0.447 e. The summed E-state index contributed by atoms with van der Waals surface area (Å²) in [5.74, 6) is 0.544. The third-order valence-electron chi connectivity index (χ3n) is 5.98. The molecule has 0 spiro atoms. The number of hydrogen-bond donors (Lipinski definition) is 2. The Bertz CT molecular complexity index is 1520. The number of aromatic nitrogens is 2. The van der Waals surface area contributed by atoms with Crippen LogP contribution in [-0.2, 0) is 27.7 Å². The second kappa shape index (κ2) is 10.0. The van der Waals surface area contributed by atoms with Gasteiger partial charge >= 0.3 is 6.09 Å². The lowest BCUT2D eigenvalue weighted by Crippen LogP contribution is -2.47. The van der Waals surface area contributed by atoms with Crippen molar-refractivity contribution >= 4 is 56.0 Å². The van der Waals surface area contributed by atoms with Crippen LogP contribution in [0.5, 0.6) is 0 Å². The van der Waals surface area contributed by atoms with Crippen molar-refractivity contribution in [1.29, 1.82) is 0 Å². The van der Waals surface area contributed by atoms with E-state index in [0.717, 1.165) is 16.6 Å². The highest BCUT2D eigenvalue weighted by molar-refractivity contribution is 7.92. The number of nitrogens with one attached hydrogen (secondary N) is 2. The monoisotopic (exact) mass is 544 g/mol. The normalized spacial score (nSPS) is 15.5. The number of nitrogens with zero attached hydrogens (tertiary/aromatic N) is 2. The number of carbonyl (C=O) groups is 1. The van der Waals surface area contributed by atoms with Gasteiger partial charge in [0.2, 0.25) is 0 Å². The van der Waals surface area contributed by atoms with Gasteiger partial charge in [-0.1, -0.05) is 41.4 Å². The van der Waals surface area contributed by atoms with E-state index in [9.17, 15) is 13.2 Å². The van der Waals surface area contributed by atoms with E-state index in [-0.39, 0.29) is 18.0 Å². The molecule has 186 valence electrons. The standard InChI is InChI=1S/C25H22Cl2N4O4S/c26-17-6-10-20(11-7-17)36(33,34)31-19(9-5-16-3-1-2-4-23(16)31)15-35-25(32)28-14-24-29-21-12-8-18(27)13-22(21)30-24/h1-4,6-8,10-13,19H,5,9,14-15H2,(H,28,32)(H,29,30). The molecule has 1 amide bonds. The number of para-hydroxylation sites is 1. The maximum Gasteiger partial charge on any atom is 0.407 e. The predicted molar refractivity (Wildman–Crippen MR) is 139 cm³/mol. The molecule has 1 aromatic heterocycles. The fourth-order valence-electron chi connectivity index (χ4n) is 4.27. The molecule has 0 saturated heterocycles. The number of carbonyl (C=O) groups excluding carboxylic acids is 1. The number of halogens is 2. The van der Waals surface area contributed by atoms with Crippen molar-refractivity contribution in [2.45, 2.75) is 30.3 Å². The summed E-state index contributed by atoms with van der Waals surface area (Å²) < 4.78 is 34.1. The van der Waals surface area contributed by atoms with Crippen LogP contribution in [0, 0.1) is 0 Å². The van der Waals surface area contributed by atoms with Crippen LogP contribution in [0.15, 0.2) is 71.6 Å². The number of sulfonamides is 1. The van der Waals surface area contributed by atoms with E-state index >= 15 is 0 Å². The summed E-state index contributed by atoms with van der Waals surface area (Å²) in [6, 6.07) is 18.1. The number of aromatic amines is 1. The zero-order valence-electron chi connectivity index (χ0n) is 18.9. The average molecular weight is 545 g/mol. The van der Waals surface area contributed by atoms with Gasteiger partial charge in [0.25, 0.3) is 10.0 Å². The summed E-state index contributed by atoms with van der Waals surface area (Å²) in [6.07, 6.45) is 0.498. The van der Waals surface area contributed by atoms with E-state index in [1.165, 1.54) is 28.6 Å². The van der Waals surface area contributed by atoms with E-state index in [2.05, 4.69) is 15.3 Å². The van der Waals surface area contributed by atoms with Gasteiger partial charge in [-0.3, -0.25) is 4.31 Å². The Kier molecular flexibility index (Phi) is 6.79. The minimum atomic E-state index is -3.93. The Labute approximate surface area is 218 Å². The topological polar surface area (TPSA) is 104 Å². The number of ether oxygens (including phenoxy) is 1. The number of amides is 1. The van der Waals surface area contributed by atoms with Crippen LogP contribution in [-0.4, -0.2) is 37.1 Å². The summed E-state index contributed by atoms with van der Waals surface area (Å²) in [5, 5.41) is 3.68. The number of alkyl carbamates (subject to hydrolysis) is 1. The molecule has 0 fully saturated rings. The first-order chi connectivity index (χ1) is 17.3. The van der Waals surface area contributed by atoms with E-state index in [4.69, 9.17) is 27.9 Å². The minimum absolute atomic E-state index is 0.108. The summed E-state index contributed by atoms with van der Waals surface area (Å²) in [5.41, 5.74) is 2.99. The highest BCUT2D eigenvalue weighted by Gasteiger charge is 2.36. The van der Waals surface area contributed by atoms with Gasteiger partial charge in [-0.15, -0.1) is 0 Å². The molecular formula is C25H22Cl2N4O4S. The van der Waals surface area contributed by atoms with Crippen LogP contribution in [0.25, 0.3) is 11.0 Å². The lowest BCUT2D eigenvalue weighted by Gasteiger charge is -2.37. The molecule has 1 aliphatic rings. The average Bonchev–Trinajstić information content (AvgIpc) is 3.28. The number of H-pyrrole nitrogens is 1. The SMILES string of the molecule is O=C(NCc1nc2ccc(Cl)cc2[nH]1)OCC1CCc2ccccc2N1S(=O)(=O)c1ccc(Cl)cc1. The van der Waals surface area contributed by atoms with E-state index in [1.54, 1.807) is 30.3 Å². The maximum atomic E-state index is 13.6. The first kappa shape index (κ1) is 24.4. The van der Waals surface area contributed by atoms with Gasteiger partial charge in [-0.05, 0) is 66.9 Å². The van der Waals surface area contributed by atoms with Gasteiger partial charge in [-0.2, -0.15) is 0 Å². The molecule has 5 rings (SSSR count). The maximum absolute atomic E-state index is 13.6. The van der Waals surface area contributed by atoms with Crippen LogP contribution in [0.1, 0.15) is 17.8 Å². The zero-order chi connectivity index (χ0) is 25.3. The molecule has 1 unspecified atom stereocenters. The molecule has 3 aromatic carbocycles. The van der Waals surface area contributed by atoms with Crippen LogP contribution in [0.2, 0.25) is 10.0 Å². The fourth-order valence-corrected chi connectivity index (χ4v) is 6.27. The fraction of sp³-hybridized carbons (Fsp3) is 0.200. The number of aryl methyl sites for hydroxylation is 1. The molecule has 1 aliphatic heterocycles. The van der Waals surface area contributed by atoms with Crippen molar-refractivity contribution in [3.8, 4) is 0 Å². The molecule has 36 heavy (non-hydrogen) atoms. The summed E-state index contributed by atoms with van der Waals surface area (Å²) >= 11 is 12.0. The largest absolute Gasteiger partial charge is 0.447 e. The predicted octanol–water partition coefficient (Wildman–Crippen LogP) is 5.31. The second-order valence-corrected chi connectivity index (χ2v) is 11.1. The van der Waals surface area contributed by atoms with Gasteiger partial charge in [0.1, 0.15) is 12.4 Å². The van der Waals surface area contributed by atoms with Gasteiger partial charge < -0.3 is 15.0 Å². The lowest BCUT2D eigenvalue weighted by atomic mass is 9.98. The van der Waals surface area contributed by atoms with Crippen LogP contribution >= 0.6 is 23.2 Å². The van der Waals surface area contributed by atoms with E-state index in [0.29, 0.717) is 34.4 Å². The summed E-state index contributed by atoms with van der Waals surface area (Å²) in [6.45, 7) is 0.00808. The van der Waals surface area contributed by atoms with Crippen molar-refractivity contribution in [3.63, 3.8) is 0 Å². The molecule has 2 heterocycles. The number of rotatable bonds is 6. The van der Waals surface area contributed by atoms with Gasteiger partial charge in [0.05, 0.1) is 34.2 Å². The van der Waals surface area contributed by atoms with Crippen LogP contribution < -0.4 is 9.62 Å². The van der Waals surface area contributed by atoms with Crippen LogP contribution in [0.4, 0.5) is 10.5 Å². The molecule has 1 atom stereocenters. The Morgan fingerprint density at radius 1 is 1.08 bits per heavy atom. The zero-order valence-corrected chi connectivity index (χ0v) is 21.3. The van der Waals surface area contributed by atoms with E-state index in [1.807, 2.05) is 12.1 Å². The highest BCUT2D eigenvalue weighted by atomic mass is 35.5. The summed E-state index contributed by atoms with van der Waals surface area (Å²) in [4.78, 5) is 20.1. The first-order valence-electron chi connectivity index (χ1n) is 11.2. The number of fused-ring (bicyclic) bond motifs is 2. The van der Waals surface area contributed by atoms with E-state index < -0.39 is 22.2 Å². The van der Waals surface area contributed by atoms with Crippen molar-refractivity contribution in [1.82, 2.24) is 15.3 Å². The number of hydrogen-bond acceptors (Lipinski definition) is 5. The van der Waals surface area contributed by atoms with Crippen molar-refractivity contribution < 1.29 is 17.9 Å².